The third kappa shape index (κ3) is 4.23. The van der Waals surface area contributed by atoms with Crippen molar-refractivity contribution in [2.45, 2.75) is 31.8 Å². The Hall–Kier alpha value is -1.55. The molecule has 0 saturated carbocycles. The van der Waals surface area contributed by atoms with Crippen LogP contribution < -0.4 is 4.74 Å². The monoisotopic (exact) mass is 277 g/mol. The lowest BCUT2D eigenvalue weighted by atomic mass is 10.1. The molecule has 1 aromatic rings. The summed E-state index contributed by atoms with van der Waals surface area (Å²) in [5.74, 6) is 0.939. The maximum atomic E-state index is 12.2. The molecule has 0 bridgehead atoms. The third-order valence-electron chi connectivity index (χ3n) is 3.69. The summed E-state index contributed by atoms with van der Waals surface area (Å²) in [4.78, 5) is 14.0. The van der Waals surface area contributed by atoms with Gasteiger partial charge < -0.3 is 14.4 Å². The van der Waals surface area contributed by atoms with Gasteiger partial charge in [-0.2, -0.15) is 0 Å². The van der Waals surface area contributed by atoms with Crippen molar-refractivity contribution in [3.8, 4) is 5.75 Å². The first-order valence-corrected chi connectivity index (χ1v) is 7.17. The van der Waals surface area contributed by atoms with E-state index in [4.69, 9.17) is 9.47 Å². The summed E-state index contributed by atoms with van der Waals surface area (Å²) in [5.41, 5.74) is 1.01. The van der Waals surface area contributed by atoms with E-state index in [1.54, 1.807) is 12.0 Å². The van der Waals surface area contributed by atoms with E-state index in [-0.39, 0.29) is 12.0 Å². The standard InChI is InChI=1S/C16H23NO3/c1-17(12-15-5-3-4-10-20-15)16(18)11-13-6-8-14(19-2)9-7-13/h6-9,15H,3-5,10-12H2,1-2H3/t15-/m0/s1. The minimum absolute atomic E-state index is 0.129. The van der Waals surface area contributed by atoms with Gasteiger partial charge in [0.25, 0.3) is 0 Å². The Bertz CT molecular complexity index is 424. The van der Waals surface area contributed by atoms with Crippen LogP contribution in [0.4, 0.5) is 0 Å². The van der Waals surface area contributed by atoms with Gasteiger partial charge in [0.15, 0.2) is 0 Å². The summed E-state index contributed by atoms with van der Waals surface area (Å²) in [6.45, 7) is 1.51. The Kier molecular flexibility index (Phi) is 5.41. The zero-order chi connectivity index (χ0) is 14.4. The lowest BCUT2D eigenvalue weighted by molar-refractivity contribution is -0.131. The molecule has 0 aliphatic carbocycles. The van der Waals surface area contributed by atoms with Crippen LogP contribution in [-0.4, -0.2) is 44.2 Å². The Labute approximate surface area is 120 Å². The van der Waals surface area contributed by atoms with Gasteiger partial charge in [-0.15, -0.1) is 0 Å². The fourth-order valence-corrected chi connectivity index (χ4v) is 2.41. The first-order chi connectivity index (χ1) is 9.69. The van der Waals surface area contributed by atoms with Crippen LogP contribution in [-0.2, 0) is 16.0 Å². The van der Waals surface area contributed by atoms with Crippen LogP contribution in [0.5, 0.6) is 5.75 Å². The molecule has 0 N–H and O–H groups in total. The SMILES string of the molecule is COc1ccc(CC(=O)N(C)C[C@@H]2CCCCO2)cc1. The normalized spacial score (nSPS) is 18.6. The fraction of sp³-hybridized carbons (Fsp3) is 0.562. The number of methoxy groups -OCH3 is 1. The van der Waals surface area contributed by atoms with E-state index in [0.29, 0.717) is 13.0 Å². The van der Waals surface area contributed by atoms with Gasteiger partial charge in [-0.05, 0) is 37.0 Å². The summed E-state index contributed by atoms with van der Waals surface area (Å²) >= 11 is 0. The van der Waals surface area contributed by atoms with Crippen LogP contribution in [0.15, 0.2) is 24.3 Å². The second kappa shape index (κ2) is 7.29. The number of amides is 1. The molecule has 1 aliphatic rings. The zero-order valence-corrected chi connectivity index (χ0v) is 12.3. The minimum atomic E-state index is 0.129. The molecule has 1 amide bonds. The van der Waals surface area contributed by atoms with Gasteiger partial charge in [-0.1, -0.05) is 12.1 Å². The van der Waals surface area contributed by atoms with Crippen LogP contribution in [0.25, 0.3) is 0 Å². The lowest BCUT2D eigenvalue weighted by Gasteiger charge is -2.27. The highest BCUT2D eigenvalue weighted by molar-refractivity contribution is 5.78. The summed E-state index contributed by atoms with van der Waals surface area (Å²) in [5, 5.41) is 0. The molecule has 1 saturated heterocycles. The van der Waals surface area contributed by atoms with Crippen LogP contribution >= 0.6 is 0 Å². The molecule has 0 aromatic heterocycles. The first-order valence-electron chi connectivity index (χ1n) is 7.17. The Morgan fingerprint density at radius 1 is 1.35 bits per heavy atom. The second-order valence-corrected chi connectivity index (χ2v) is 5.29. The molecular formula is C16H23NO3. The molecule has 0 spiro atoms. The number of ether oxygens (including phenoxy) is 2. The molecule has 2 rings (SSSR count). The number of carbonyl (C=O) groups excluding carboxylic acids is 1. The van der Waals surface area contributed by atoms with E-state index in [0.717, 1.165) is 30.8 Å². The average molecular weight is 277 g/mol. The summed E-state index contributed by atoms with van der Waals surface area (Å²) in [7, 11) is 3.49. The van der Waals surface area contributed by atoms with Crippen molar-refractivity contribution in [3.05, 3.63) is 29.8 Å². The van der Waals surface area contributed by atoms with E-state index < -0.39 is 0 Å². The highest BCUT2D eigenvalue weighted by Gasteiger charge is 2.18. The molecule has 110 valence electrons. The predicted octanol–water partition coefficient (Wildman–Crippen LogP) is 2.27. The largest absolute Gasteiger partial charge is 0.497 e. The van der Waals surface area contributed by atoms with Crippen LogP contribution in [0.1, 0.15) is 24.8 Å². The van der Waals surface area contributed by atoms with Crippen molar-refractivity contribution in [1.82, 2.24) is 4.90 Å². The van der Waals surface area contributed by atoms with Crippen molar-refractivity contribution < 1.29 is 14.3 Å². The maximum Gasteiger partial charge on any atom is 0.226 e. The molecule has 1 aromatic carbocycles. The van der Waals surface area contributed by atoms with Gasteiger partial charge in [0.2, 0.25) is 5.91 Å². The van der Waals surface area contributed by atoms with Crippen molar-refractivity contribution in [1.29, 1.82) is 0 Å². The fourth-order valence-electron chi connectivity index (χ4n) is 2.41. The highest BCUT2D eigenvalue weighted by Crippen LogP contribution is 2.15. The number of hydrogen-bond donors (Lipinski definition) is 0. The predicted molar refractivity (Wildman–Crippen MR) is 77.9 cm³/mol. The number of rotatable bonds is 5. The third-order valence-corrected chi connectivity index (χ3v) is 3.69. The molecule has 1 aliphatic heterocycles. The number of likely N-dealkylation sites (N-methyl/N-ethyl adjacent to an activating group) is 1. The number of nitrogens with zero attached hydrogens (tertiary/aromatic N) is 1. The smallest absolute Gasteiger partial charge is 0.226 e. The minimum Gasteiger partial charge on any atom is -0.497 e. The zero-order valence-electron chi connectivity index (χ0n) is 12.3. The topological polar surface area (TPSA) is 38.8 Å². The van der Waals surface area contributed by atoms with E-state index in [9.17, 15) is 4.79 Å². The molecule has 1 atom stereocenters. The van der Waals surface area contributed by atoms with Gasteiger partial charge >= 0.3 is 0 Å². The van der Waals surface area contributed by atoms with Crippen LogP contribution in [0.3, 0.4) is 0 Å². The van der Waals surface area contributed by atoms with Crippen molar-refractivity contribution >= 4 is 5.91 Å². The van der Waals surface area contributed by atoms with E-state index >= 15 is 0 Å². The molecular weight excluding hydrogens is 254 g/mol. The van der Waals surface area contributed by atoms with Crippen molar-refractivity contribution in [3.63, 3.8) is 0 Å². The van der Waals surface area contributed by atoms with Crippen LogP contribution in [0, 0.1) is 0 Å². The molecule has 4 heteroatoms. The van der Waals surface area contributed by atoms with Gasteiger partial charge in [0.05, 0.1) is 19.6 Å². The van der Waals surface area contributed by atoms with Gasteiger partial charge in [-0.3, -0.25) is 4.79 Å². The van der Waals surface area contributed by atoms with Crippen molar-refractivity contribution in [2.24, 2.45) is 0 Å². The van der Waals surface area contributed by atoms with Gasteiger partial charge in [0, 0.05) is 20.2 Å². The Morgan fingerprint density at radius 3 is 2.70 bits per heavy atom. The second-order valence-electron chi connectivity index (χ2n) is 5.29. The Morgan fingerprint density at radius 2 is 2.10 bits per heavy atom. The lowest BCUT2D eigenvalue weighted by Crippen LogP contribution is -2.37. The number of carbonyl (C=O) groups is 1. The molecule has 0 radical (unpaired) electrons. The quantitative estimate of drug-likeness (QED) is 0.828. The average Bonchev–Trinajstić information content (AvgIpc) is 2.49. The van der Waals surface area contributed by atoms with E-state index in [1.807, 2.05) is 31.3 Å². The highest BCUT2D eigenvalue weighted by atomic mass is 16.5. The van der Waals surface area contributed by atoms with E-state index in [1.165, 1.54) is 6.42 Å². The molecule has 20 heavy (non-hydrogen) atoms. The maximum absolute atomic E-state index is 12.2. The van der Waals surface area contributed by atoms with E-state index in [2.05, 4.69) is 0 Å². The van der Waals surface area contributed by atoms with Gasteiger partial charge in [0.1, 0.15) is 5.75 Å². The number of benzene rings is 1. The Balaban J connectivity index is 1.83. The summed E-state index contributed by atoms with van der Waals surface area (Å²) in [6.07, 6.45) is 4.02. The summed E-state index contributed by atoms with van der Waals surface area (Å²) in [6, 6.07) is 7.63. The summed E-state index contributed by atoms with van der Waals surface area (Å²) < 4.78 is 10.8. The molecule has 4 nitrogen and oxygen atoms in total. The molecule has 1 heterocycles. The first kappa shape index (κ1) is 14.9. The van der Waals surface area contributed by atoms with Gasteiger partial charge in [-0.25, -0.2) is 0 Å². The molecule has 1 fully saturated rings. The number of hydrogen-bond acceptors (Lipinski definition) is 3. The van der Waals surface area contributed by atoms with Crippen LogP contribution in [0.2, 0.25) is 0 Å². The van der Waals surface area contributed by atoms with Crippen molar-refractivity contribution in [2.75, 3.05) is 27.3 Å². The molecule has 0 unspecified atom stereocenters.